The molecule has 1 saturated carbocycles. The van der Waals surface area contributed by atoms with E-state index < -0.39 is 0 Å². The van der Waals surface area contributed by atoms with Gasteiger partial charge in [0, 0.05) is 37.5 Å². The summed E-state index contributed by atoms with van der Waals surface area (Å²) in [4.78, 5) is 14.5. The SMILES string of the molecule is CN(CC1CCCC1O)C(=O)c1c(Cl)c2ccccc2n1C. The van der Waals surface area contributed by atoms with Gasteiger partial charge in [0.15, 0.2) is 0 Å². The number of carbonyl (C=O) groups excluding carboxylic acids is 1. The highest BCUT2D eigenvalue weighted by molar-refractivity contribution is 6.38. The topological polar surface area (TPSA) is 45.5 Å². The number of fused-ring (bicyclic) bond motifs is 1. The first kappa shape index (κ1) is 15.4. The summed E-state index contributed by atoms with van der Waals surface area (Å²) in [7, 11) is 3.64. The first-order chi connectivity index (χ1) is 10.5. The maximum absolute atomic E-state index is 12.8. The van der Waals surface area contributed by atoms with Crippen LogP contribution in [0.3, 0.4) is 0 Å². The maximum atomic E-state index is 12.8. The Morgan fingerprint density at radius 2 is 2.14 bits per heavy atom. The number of carbonyl (C=O) groups is 1. The zero-order valence-corrected chi connectivity index (χ0v) is 13.7. The van der Waals surface area contributed by atoms with Gasteiger partial charge in [-0.25, -0.2) is 0 Å². The van der Waals surface area contributed by atoms with Crippen LogP contribution in [0.4, 0.5) is 0 Å². The third-order valence-corrected chi connectivity index (χ3v) is 5.10. The van der Waals surface area contributed by atoms with Crippen LogP contribution in [0.25, 0.3) is 10.9 Å². The number of para-hydroxylation sites is 1. The Kier molecular flexibility index (Phi) is 4.15. The summed E-state index contributed by atoms with van der Waals surface area (Å²) in [6.45, 7) is 0.567. The largest absolute Gasteiger partial charge is 0.393 e. The van der Waals surface area contributed by atoms with Crippen molar-refractivity contribution in [2.45, 2.75) is 25.4 Å². The average molecular weight is 321 g/mol. The molecule has 1 heterocycles. The number of rotatable bonds is 3. The number of aryl methyl sites for hydroxylation is 1. The van der Waals surface area contributed by atoms with Crippen molar-refractivity contribution in [2.24, 2.45) is 13.0 Å². The Balaban J connectivity index is 1.88. The third-order valence-electron chi connectivity index (χ3n) is 4.72. The van der Waals surface area contributed by atoms with Crippen LogP contribution in [0, 0.1) is 5.92 Å². The van der Waals surface area contributed by atoms with Crippen molar-refractivity contribution in [1.29, 1.82) is 0 Å². The van der Waals surface area contributed by atoms with Crippen molar-refractivity contribution in [2.75, 3.05) is 13.6 Å². The molecule has 2 atom stereocenters. The molecule has 0 bridgehead atoms. The van der Waals surface area contributed by atoms with Crippen LogP contribution in [0.15, 0.2) is 24.3 Å². The van der Waals surface area contributed by atoms with Gasteiger partial charge in [0.1, 0.15) is 5.69 Å². The monoisotopic (exact) mass is 320 g/mol. The van der Waals surface area contributed by atoms with Gasteiger partial charge < -0.3 is 14.6 Å². The predicted molar refractivity (Wildman–Crippen MR) is 88.2 cm³/mol. The summed E-state index contributed by atoms with van der Waals surface area (Å²) in [5.74, 6) is 0.0743. The molecule has 1 aliphatic carbocycles. The lowest BCUT2D eigenvalue weighted by atomic mass is 10.1. The number of nitrogens with zero attached hydrogens (tertiary/aromatic N) is 2. The highest BCUT2D eigenvalue weighted by Crippen LogP contribution is 2.31. The van der Waals surface area contributed by atoms with Gasteiger partial charge in [-0.2, -0.15) is 0 Å². The lowest BCUT2D eigenvalue weighted by Gasteiger charge is -2.23. The van der Waals surface area contributed by atoms with E-state index in [9.17, 15) is 9.90 Å². The van der Waals surface area contributed by atoms with Gasteiger partial charge >= 0.3 is 0 Å². The van der Waals surface area contributed by atoms with E-state index in [1.54, 1.807) is 11.9 Å². The molecule has 0 spiro atoms. The fraction of sp³-hybridized carbons (Fsp3) is 0.471. The van der Waals surface area contributed by atoms with Crippen LogP contribution in [-0.2, 0) is 7.05 Å². The van der Waals surface area contributed by atoms with Crippen LogP contribution in [0.2, 0.25) is 5.02 Å². The van der Waals surface area contributed by atoms with Crippen LogP contribution in [-0.4, -0.2) is 40.2 Å². The first-order valence-electron chi connectivity index (χ1n) is 7.67. The van der Waals surface area contributed by atoms with E-state index in [-0.39, 0.29) is 17.9 Å². The number of amides is 1. The molecule has 22 heavy (non-hydrogen) atoms. The Labute approximate surface area is 135 Å². The smallest absolute Gasteiger partial charge is 0.271 e. The standard InChI is InChI=1S/C17H21ClN2O2/c1-19(10-11-6-5-9-14(11)21)17(22)16-15(18)12-7-3-4-8-13(12)20(16)2/h3-4,7-8,11,14,21H,5-6,9-10H2,1-2H3. The van der Waals surface area contributed by atoms with Crippen LogP contribution in [0.5, 0.6) is 0 Å². The van der Waals surface area contributed by atoms with E-state index >= 15 is 0 Å². The number of hydrogen-bond acceptors (Lipinski definition) is 2. The highest BCUT2D eigenvalue weighted by atomic mass is 35.5. The molecule has 0 radical (unpaired) electrons. The summed E-state index contributed by atoms with van der Waals surface area (Å²) in [5, 5.41) is 11.3. The zero-order chi connectivity index (χ0) is 15.9. The highest BCUT2D eigenvalue weighted by Gasteiger charge is 2.29. The van der Waals surface area contributed by atoms with Crippen LogP contribution < -0.4 is 0 Å². The Hall–Kier alpha value is -1.52. The minimum absolute atomic E-state index is 0.0946. The second-order valence-corrected chi connectivity index (χ2v) is 6.56. The summed E-state index contributed by atoms with van der Waals surface area (Å²) in [6, 6.07) is 7.74. The quantitative estimate of drug-likeness (QED) is 0.944. The summed E-state index contributed by atoms with van der Waals surface area (Å²) >= 11 is 6.43. The molecule has 5 heteroatoms. The second kappa shape index (κ2) is 5.94. The maximum Gasteiger partial charge on any atom is 0.271 e. The first-order valence-corrected chi connectivity index (χ1v) is 8.05. The van der Waals surface area contributed by atoms with Gasteiger partial charge in [-0.1, -0.05) is 36.2 Å². The molecule has 4 nitrogen and oxygen atoms in total. The van der Waals surface area contributed by atoms with Crippen molar-refractivity contribution < 1.29 is 9.90 Å². The van der Waals surface area contributed by atoms with Crippen LogP contribution >= 0.6 is 11.6 Å². The lowest BCUT2D eigenvalue weighted by Crippen LogP contribution is -2.35. The van der Waals surface area contributed by atoms with E-state index in [0.717, 1.165) is 30.2 Å². The fourth-order valence-electron chi connectivity index (χ4n) is 3.43. The third kappa shape index (κ3) is 2.50. The molecule has 3 rings (SSSR count). The van der Waals surface area contributed by atoms with Gasteiger partial charge in [0.25, 0.3) is 5.91 Å². The van der Waals surface area contributed by atoms with Crippen molar-refractivity contribution >= 4 is 28.4 Å². The van der Waals surface area contributed by atoms with Gasteiger partial charge in [-0.05, 0) is 18.9 Å². The fourth-order valence-corrected chi connectivity index (χ4v) is 3.80. The Morgan fingerprint density at radius 1 is 1.41 bits per heavy atom. The van der Waals surface area contributed by atoms with Gasteiger partial charge in [0.05, 0.1) is 11.1 Å². The van der Waals surface area contributed by atoms with Crippen LogP contribution in [0.1, 0.15) is 29.8 Å². The second-order valence-electron chi connectivity index (χ2n) is 6.18. The van der Waals surface area contributed by atoms with Crippen molar-refractivity contribution in [1.82, 2.24) is 9.47 Å². The Bertz CT molecular complexity index is 671. The molecular formula is C17H21ClN2O2. The molecule has 1 N–H and O–H groups in total. The van der Waals surface area contributed by atoms with Crippen molar-refractivity contribution in [3.05, 3.63) is 35.0 Å². The van der Waals surface area contributed by atoms with E-state index in [0.29, 0.717) is 17.3 Å². The van der Waals surface area contributed by atoms with E-state index in [1.807, 2.05) is 35.9 Å². The molecule has 2 unspecified atom stereocenters. The molecule has 1 aliphatic rings. The number of aromatic nitrogens is 1. The Morgan fingerprint density at radius 3 is 2.77 bits per heavy atom. The molecule has 1 fully saturated rings. The number of benzene rings is 1. The zero-order valence-electron chi connectivity index (χ0n) is 12.9. The summed E-state index contributed by atoms with van der Waals surface area (Å²) < 4.78 is 1.85. The van der Waals surface area contributed by atoms with E-state index in [1.165, 1.54) is 0 Å². The van der Waals surface area contributed by atoms with Gasteiger partial charge in [0.2, 0.25) is 0 Å². The summed E-state index contributed by atoms with van der Waals surface area (Å²) in [5.41, 5.74) is 1.46. The lowest BCUT2D eigenvalue weighted by molar-refractivity contribution is 0.0685. The van der Waals surface area contributed by atoms with E-state index in [4.69, 9.17) is 11.6 Å². The number of aliphatic hydroxyl groups is 1. The predicted octanol–water partition coefficient (Wildman–Crippen LogP) is 3.06. The number of hydrogen-bond donors (Lipinski definition) is 1. The normalized spacial score (nSPS) is 21.5. The molecule has 1 aromatic heterocycles. The van der Waals surface area contributed by atoms with Crippen molar-refractivity contribution in [3.8, 4) is 0 Å². The van der Waals surface area contributed by atoms with Gasteiger partial charge in [-0.15, -0.1) is 0 Å². The number of halogens is 1. The van der Waals surface area contributed by atoms with Gasteiger partial charge in [-0.3, -0.25) is 4.79 Å². The molecule has 118 valence electrons. The minimum atomic E-state index is -0.293. The van der Waals surface area contributed by atoms with Crippen molar-refractivity contribution in [3.63, 3.8) is 0 Å². The summed E-state index contributed by atoms with van der Waals surface area (Å²) in [6.07, 6.45) is 2.55. The average Bonchev–Trinajstić information content (AvgIpc) is 3.02. The molecular weight excluding hydrogens is 300 g/mol. The number of aliphatic hydroxyl groups excluding tert-OH is 1. The molecule has 1 amide bonds. The molecule has 1 aromatic carbocycles. The van der Waals surface area contributed by atoms with E-state index in [2.05, 4.69) is 0 Å². The molecule has 0 aliphatic heterocycles. The molecule has 2 aromatic rings. The minimum Gasteiger partial charge on any atom is -0.393 e. The molecule has 0 saturated heterocycles.